The van der Waals surface area contributed by atoms with E-state index in [9.17, 15) is 14.0 Å². The summed E-state index contributed by atoms with van der Waals surface area (Å²) in [6, 6.07) is 8.06. The van der Waals surface area contributed by atoms with Gasteiger partial charge in [0.15, 0.2) is 0 Å². The highest BCUT2D eigenvalue weighted by atomic mass is 32.1. The zero-order valence-corrected chi connectivity index (χ0v) is 22.2. The SMILES string of the molecule is CC(C)Oc1cc(F)ccc1-c1c(-c2cc3n(n2)CCN(C(=O)OC(C)(C)C)C3)[nH]c(=O)c2ccsc12. The molecule has 1 aromatic carbocycles. The van der Waals surface area contributed by atoms with E-state index < -0.39 is 11.4 Å². The molecule has 1 aliphatic heterocycles. The van der Waals surface area contributed by atoms with Crippen LogP contribution in [0.5, 0.6) is 5.75 Å². The van der Waals surface area contributed by atoms with Crippen LogP contribution in [0.2, 0.25) is 0 Å². The molecule has 1 amide bonds. The Morgan fingerprint density at radius 1 is 1.19 bits per heavy atom. The van der Waals surface area contributed by atoms with Gasteiger partial charge in [-0.3, -0.25) is 9.48 Å². The van der Waals surface area contributed by atoms with Crippen molar-refractivity contribution in [2.75, 3.05) is 6.54 Å². The van der Waals surface area contributed by atoms with Crippen LogP contribution in [0.4, 0.5) is 9.18 Å². The summed E-state index contributed by atoms with van der Waals surface area (Å²) in [6.07, 6.45) is -0.554. The van der Waals surface area contributed by atoms with E-state index >= 15 is 0 Å². The normalized spacial score (nSPS) is 13.8. The topological polar surface area (TPSA) is 89.4 Å². The molecule has 8 nitrogen and oxygen atoms in total. The Hall–Kier alpha value is -3.66. The number of rotatable bonds is 4. The molecular weight excluding hydrogens is 495 g/mol. The maximum absolute atomic E-state index is 14.2. The number of fused-ring (bicyclic) bond motifs is 2. The number of aromatic amines is 1. The minimum absolute atomic E-state index is 0.177. The highest BCUT2D eigenvalue weighted by Gasteiger charge is 2.28. The molecule has 1 aliphatic rings. The smallest absolute Gasteiger partial charge is 0.410 e. The molecule has 0 saturated carbocycles. The van der Waals surface area contributed by atoms with E-state index in [1.807, 2.05) is 50.7 Å². The van der Waals surface area contributed by atoms with E-state index in [0.717, 1.165) is 16.0 Å². The molecule has 4 heterocycles. The Balaban J connectivity index is 1.62. The Labute approximate surface area is 217 Å². The van der Waals surface area contributed by atoms with Crippen molar-refractivity contribution in [3.8, 4) is 28.3 Å². The molecule has 0 atom stereocenters. The van der Waals surface area contributed by atoms with Crippen LogP contribution in [0.15, 0.2) is 40.5 Å². The van der Waals surface area contributed by atoms with Gasteiger partial charge >= 0.3 is 6.09 Å². The number of carbonyl (C=O) groups is 1. The number of nitrogens with zero attached hydrogens (tertiary/aromatic N) is 3. The fourth-order valence-electron chi connectivity index (χ4n) is 4.41. The molecule has 0 bridgehead atoms. The lowest BCUT2D eigenvalue weighted by atomic mass is 9.99. The van der Waals surface area contributed by atoms with Crippen molar-refractivity contribution in [1.29, 1.82) is 0 Å². The summed E-state index contributed by atoms with van der Waals surface area (Å²) < 4.78 is 28.3. The van der Waals surface area contributed by atoms with Gasteiger partial charge in [-0.1, -0.05) is 0 Å². The van der Waals surface area contributed by atoms with Crippen LogP contribution < -0.4 is 10.3 Å². The third-order valence-corrected chi connectivity index (χ3v) is 6.84. The molecule has 0 unspecified atom stereocenters. The largest absolute Gasteiger partial charge is 0.490 e. The molecule has 0 fully saturated rings. The predicted octanol–water partition coefficient (Wildman–Crippen LogP) is 5.80. The number of hydrogen-bond donors (Lipinski definition) is 1. The minimum Gasteiger partial charge on any atom is -0.490 e. The summed E-state index contributed by atoms with van der Waals surface area (Å²) in [7, 11) is 0. The fourth-order valence-corrected chi connectivity index (χ4v) is 5.37. The monoisotopic (exact) mass is 524 g/mol. The van der Waals surface area contributed by atoms with Crippen LogP contribution in [0.25, 0.3) is 32.6 Å². The molecule has 3 aromatic heterocycles. The average Bonchev–Trinajstić information content (AvgIpc) is 3.45. The molecule has 1 N–H and O–H groups in total. The maximum Gasteiger partial charge on any atom is 0.410 e. The number of nitrogens with one attached hydrogen (secondary N) is 1. The van der Waals surface area contributed by atoms with Crippen LogP contribution in [-0.2, 0) is 17.8 Å². The second-order valence-electron chi connectivity index (χ2n) is 10.3. The molecule has 37 heavy (non-hydrogen) atoms. The van der Waals surface area contributed by atoms with Gasteiger partial charge in [-0.15, -0.1) is 11.3 Å². The number of thiophene rings is 1. The first-order valence-electron chi connectivity index (χ1n) is 12.2. The Bertz CT molecular complexity index is 1550. The number of carbonyl (C=O) groups excluding carboxylic acids is 1. The van der Waals surface area contributed by atoms with Crippen molar-refractivity contribution in [2.45, 2.75) is 59.4 Å². The van der Waals surface area contributed by atoms with Gasteiger partial charge in [0.25, 0.3) is 5.56 Å². The van der Waals surface area contributed by atoms with Crippen molar-refractivity contribution < 1.29 is 18.7 Å². The number of benzene rings is 1. The van der Waals surface area contributed by atoms with Crippen molar-refractivity contribution >= 4 is 27.5 Å². The lowest BCUT2D eigenvalue weighted by Gasteiger charge is -2.30. The van der Waals surface area contributed by atoms with Gasteiger partial charge in [0.1, 0.15) is 22.9 Å². The van der Waals surface area contributed by atoms with Crippen molar-refractivity contribution in [3.63, 3.8) is 0 Å². The highest BCUT2D eigenvalue weighted by Crippen LogP contribution is 2.42. The number of halogens is 1. The summed E-state index contributed by atoms with van der Waals surface area (Å²) in [4.78, 5) is 30.3. The Morgan fingerprint density at radius 3 is 2.70 bits per heavy atom. The van der Waals surface area contributed by atoms with Gasteiger partial charge in [0, 0.05) is 28.4 Å². The molecule has 194 valence electrons. The van der Waals surface area contributed by atoms with Crippen LogP contribution in [0.3, 0.4) is 0 Å². The van der Waals surface area contributed by atoms with Crippen LogP contribution >= 0.6 is 11.3 Å². The second-order valence-corrected chi connectivity index (χ2v) is 11.2. The minimum atomic E-state index is -0.588. The van der Waals surface area contributed by atoms with E-state index in [1.54, 1.807) is 17.0 Å². The summed E-state index contributed by atoms with van der Waals surface area (Å²) in [5, 5.41) is 7.18. The number of H-pyrrole nitrogens is 1. The van der Waals surface area contributed by atoms with Crippen LogP contribution in [-0.4, -0.2) is 44.0 Å². The first-order valence-corrected chi connectivity index (χ1v) is 13.0. The first kappa shape index (κ1) is 25.0. The van der Waals surface area contributed by atoms with Gasteiger partial charge in [-0.25, -0.2) is 9.18 Å². The predicted molar refractivity (Wildman–Crippen MR) is 141 cm³/mol. The maximum atomic E-state index is 14.2. The molecule has 0 aliphatic carbocycles. The van der Waals surface area contributed by atoms with Gasteiger partial charge in [-0.05, 0) is 64.3 Å². The van der Waals surface area contributed by atoms with Gasteiger partial charge < -0.3 is 19.4 Å². The third-order valence-electron chi connectivity index (χ3n) is 5.91. The van der Waals surface area contributed by atoms with E-state index in [1.165, 1.54) is 23.5 Å². The average molecular weight is 525 g/mol. The molecule has 4 aromatic rings. The number of amides is 1. The number of pyridine rings is 1. The van der Waals surface area contributed by atoms with Crippen molar-refractivity contribution in [3.05, 3.63) is 57.6 Å². The van der Waals surface area contributed by atoms with E-state index in [0.29, 0.717) is 47.7 Å². The first-order chi connectivity index (χ1) is 17.5. The van der Waals surface area contributed by atoms with Crippen LogP contribution in [0.1, 0.15) is 40.3 Å². The van der Waals surface area contributed by atoms with Gasteiger partial charge in [0.05, 0.1) is 36.0 Å². The molecule has 10 heteroatoms. The Morgan fingerprint density at radius 2 is 1.97 bits per heavy atom. The summed E-state index contributed by atoms with van der Waals surface area (Å²) in [5.74, 6) is -0.0226. The highest BCUT2D eigenvalue weighted by molar-refractivity contribution is 7.17. The molecule has 5 rings (SSSR count). The second kappa shape index (κ2) is 9.33. The van der Waals surface area contributed by atoms with E-state index in [-0.39, 0.29) is 17.8 Å². The van der Waals surface area contributed by atoms with E-state index in [4.69, 9.17) is 14.6 Å². The number of hydrogen-bond acceptors (Lipinski definition) is 6. The van der Waals surface area contributed by atoms with E-state index in [2.05, 4.69) is 4.98 Å². The zero-order valence-electron chi connectivity index (χ0n) is 21.4. The molecule has 0 saturated heterocycles. The van der Waals surface area contributed by atoms with Crippen LogP contribution in [0, 0.1) is 5.82 Å². The fraction of sp³-hybridized carbons (Fsp3) is 0.370. The number of aromatic nitrogens is 3. The summed E-state index contributed by atoms with van der Waals surface area (Å²) in [6.45, 7) is 10.6. The standard InChI is InChI=1S/C27H29FN4O4S/c1-15(2)35-21-12-16(28)6-7-18(21)22-23(29-25(33)19-8-11-37-24(19)22)20-13-17-14-31(9-10-32(17)30-20)26(34)36-27(3,4)5/h6-8,11-13,15H,9-10,14H2,1-5H3,(H,29,33). The Kier molecular flexibility index (Phi) is 6.31. The van der Waals surface area contributed by atoms with Crippen molar-refractivity contribution in [2.24, 2.45) is 0 Å². The van der Waals surface area contributed by atoms with Gasteiger partial charge in [-0.2, -0.15) is 5.10 Å². The third kappa shape index (κ3) is 4.98. The van der Waals surface area contributed by atoms with Gasteiger partial charge in [0.2, 0.25) is 0 Å². The zero-order chi connectivity index (χ0) is 26.5. The summed E-state index contributed by atoms with van der Waals surface area (Å²) >= 11 is 1.43. The molecule has 0 spiro atoms. The number of ether oxygens (including phenoxy) is 2. The molecular formula is C27H29FN4O4S. The lowest BCUT2D eigenvalue weighted by molar-refractivity contribution is 0.0194. The summed E-state index contributed by atoms with van der Waals surface area (Å²) in [5.41, 5.74) is 2.46. The quantitative estimate of drug-likeness (QED) is 0.365. The molecule has 0 radical (unpaired) electrons. The van der Waals surface area contributed by atoms with Crippen molar-refractivity contribution in [1.82, 2.24) is 19.7 Å². The lowest BCUT2D eigenvalue weighted by Crippen LogP contribution is -2.41.